The van der Waals surface area contributed by atoms with Crippen LogP contribution in [0.25, 0.3) is 0 Å². The number of nitrogens with zero attached hydrogens (tertiary/aromatic N) is 1. The predicted octanol–water partition coefficient (Wildman–Crippen LogP) is 1.00. The highest BCUT2D eigenvalue weighted by molar-refractivity contribution is 6.01. The summed E-state index contributed by atoms with van der Waals surface area (Å²) >= 11 is 0. The number of rotatable bonds is 34. The van der Waals surface area contributed by atoms with E-state index in [2.05, 4.69) is 31.9 Å². The number of carbonyl (C=O) groups is 13. The fourth-order valence-corrected chi connectivity index (χ4v) is 6.92. The van der Waals surface area contributed by atoms with Crippen molar-refractivity contribution in [3.8, 4) is 0 Å². The highest BCUT2D eigenvalue weighted by Gasteiger charge is 2.37. The van der Waals surface area contributed by atoms with E-state index in [0.29, 0.717) is 49.2 Å². The number of aryl methyl sites for hydroxylation is 1. The fraction of sp³-hybridized carbons (Fsp3) is 0.635. The molecule has 1 aromatic carbocycles. The lowest BCUT2D eigenvalue weighted by atomic mass is 9.81. The van der Waals surface area contributed by atoms with Gasteiger partial charge in [0, 0.05) is 63.1 Å². The number of carbonyl (C=O) groups excluding carboxylic acids is 9. The molecule has 8 amide bonds. The average Bonchev–Trinajstić information content (AvgIpc) is 3.75. The molecule has 1 aromatic rings. The van der Waals surface area contributed by atoms with Crippen molar-refractivity contribution in [2.24, 2.45) is 11.8 Å². The van der Waals surface area contributed by atoms with Gasteiger partial charge in [0.15, 0.2) is 0 Å². The van der Waals surface area contributed by atoms with Gasteiger partial charge in [0.05, 0.1) is 58.6 Å². The smallest absolute Gasteiger partial charge is 0.336 e. The number of amides is 8. The fourth-order valence-electron chi connectivity index (χ4n) is 6.92. The van der Waals surface area contributed by atoms with Gasteiger partial charge in [-0.2, -0.15) is 0 Å². The number of nitrogens with one attached hydrogen (secondary N) is 6. The van der Waals surface area contributed by atoms with Crippen molar-refractivity contribution < 1.29 is 102 Å². The lowest BCUT2D eigenvalue weighted by molar-refractivity contribution is -0.201. The summed E-state index contributed by atoms with van der Waals surface area (Å²) in [4.78, 5) is 157. The number of aliphatic carboxylic acids is 4. The number of hydrogen-bond donors (Lipinski definition) is 10. The molecule has 1 aliphatic carbocycles. The lowest BCUT2D eigenvalue weighted by Crippen LogP contribution is -2.52. The van der Waals surface area contributed by atoms with Crippen LogP contribution in [0.15, 0.2) is 24.3 Å². The Morgan fingerprint density at radius 1 is 0.600 bits per heavy atom. The number of unbranched alkanes of at least 4 members (excludes halogenated alkanes) is 1. The van der Waals surface area contributed by atoms with Gasteiger partial charge >= 0.3 is 29.8 Å². The van der Waals surface area contributed by atoms with Crippen LogP contribution in [0.5, 0.6) is 0 Å². The number of carboxylic acids is 4. The molecule has 3 rings (SSSR count). The molecule has 2 atom stereocenters. The second-order valence-electron chi connectivity index (χ2n) is 17.5. The minimum Gasteiger partial charge on any atom is -0.481 e. The summed E-state index contributed by atoms with van der Waals surface area (Å²) in [5.74, 6) is -10.1. The van der Waals surface area contributed by atoms with Crippen LogP contribution >= 0.6 is 0 Å². The van der Waals surface area contributed by atoms with Gasteiger partial charge in [0.1, 0.15) is 12.1 Å². The third kappa shape index (κ3) is 34.3. The van der Waals surface area contributed by atoms with E-state index in [4.69, 9.17) is 34.4 Å². The Hall–Kier alpha value is -7.59. The average molecular weight is 1140 g/mol. The van der Waals surface area contributed by atoms with Crippen molar-refractivity contribution in [1.82, 2.24) is 37.0 Å². The minimum absolute atomic E-state index is 0.000537. The van der Waals surface area contributed by atoms with E-state index in [9.17, 15) is 67.4 Å². The molecule has 1 unspecified atom stereocenters. The molecule has 28 nitrogen and oxygen atoms in total. The first-order valence-electron chi connectivity index (χ1n) is 26.5. The SMILES string of the molecule is CC.CCC(=O)O.CCC(=O)O.Cc1cccc(C(=O)NCCCCC(NC(=O)CNC(=O)[C@@H](CCC(=O)O)NC(=O)CNC(=O)CCOCCOCCOCCNC(=O)C2CCC(C(=O)ON3C(=O)CCC3=O)CC2)C(=O)O)c1. The first-order valence-corrected chi connectivity index (χ1v) is 26.5. The van der Waals surface area contributed by atoms with Crippen molar-refractivity contribution in [2.75, 3.05) is 65.8 Å². The Labute approximate surface area is 464 Å². The highest BCUT2D eigenvalue weighted by Crippen LogP contribution is 2.30. The monoisotopic (exact) mass is 1140 g/mol. The van der Waals surface area contributed by atoms with Crippen LogP contribution in [-0.4, -0.2) is 180 Å². The first kappa shape index (κ1) is 72.4. The Kier molecular flexibility index (Phi) is 39.2. The molecule has 2 aliphatic rings. The van der Waals surface area contributed by atoms with Crippen molar-refractivity contribution in [3.05, 3.63) is 35.4 Å². The van der Waals surface area contributed by atoms with E-state index in [1.165, 1.54) is 0 Å². The van der Waals surface area contributed by atoms with E-state index in [1.807, 2.05) is 26.8 Å². The van der Waals surface area contributed by atoms with Gasteiger partial charge in [0.25, 0.3) is 17.7 Å². The molecule has 450 valence electrons. The third-order valence-electron chi connectivity index (χ3n) is 11.3. The number of carboxylic acid groups (broad SMARTS) is 4. The van der Waals surface area contributed by atoms with Crippen molar-refractivity contribution >= 4 is 77.1 Å². The van der Waals surface area contributed by atoms with Crippen molar-refractivity contribution in [3.63, 3.8) is 0 Å². The second kappa shape index (κ2) is 43.3. The molecule has 1 aliphatic heterocycles. The van der Waals surface area contributed by atoms with Gasteiger partial charge < -0.3 is 71.4 Å². The maximum Gasteiger partial charge on any atom is 0.336 e. The Morgan fingerprint density at radius 2 is 1.12 bits per heavy atom. The number of imide groups is 1. The molecule has 0 aromatic heterocycles. The molecule has 1 heterocycles. The molecule has 10 N–H and O–H groups in total. The van der Waals surface area contributed by atoms with Crippen LogP contribution in [0, 0.1) is 18.8 Å². The van der Waals surface area contributed by atoms with Crippen LogP contribution in [0.3, 0.4) is 0 Å². The summed E-state index contributed by atoms with van der Waals surface area (Å²) in [6, 6.07) is 4.35. The predicted molar refractivity (Wildman–Crippen MR) is 282 cm³/mol. The number of hydroxylamine groups is 2. The molecular weight excluding hydrogens is 1060 g/mol. The van der Waals surface area contributed by atoms with E-state index >= 15 is 0 Å². The molecular formula is C52H81N7O21. The molecule has 0 spiro atoms. The number of ether oxygens (including phenoxy) is 3. The van der Waals surface area contributed by atoms with Crippen LogP contribution in [-0.2, 0) is 76.6 Å². The van der Waals surface area contributed by atoms with Crippen LogP contribution in [0.2, 0.25) is 0 Å². The third-order valence-corrected chi connectivity index (χ3v) is 11.3. The van der Waals surface area contributed by atoms with E-state index < -0.39 is 103 Å². The van der Waals surface area contributed by atoms with Gasteiger partial charge in [-0.25, -0.2) is 9.59 Å². The largest absolute Gasteiger partial charge is 0.481 e. The second-order valence-corrected chi connectivity index (χ2v) is 17.5. The summed E-state index contributed by atoms with van der Waals surface area (Å²) in [5, 5.41) is 49.5. The maximum absolute atomic E-state index is 12.8. The van der Waals surface area contributed by atoms with Gasteiger partial charge in [-0.05, 0) is 70.4 Å². The minimum atomic E-state index is -1.39. The molecule has 0 radical (unpaired) electrons. The van der Waals surface area contributed by atoms with Gasteiger partial charge in [0.2, 0.25) is 29.5 Å². The first-order chi connectivity index (χ1) is 38.1. The molecule has 2 fully saturated rings. The number of hydrogen-bond acceptors (Lipinski definition) is 17. The zero-order chi connectivity index (χ0) is 60.4. The van der Waals surface area contributed by atoms with E-state index in [1.54, 1.807) is 32.0 Å². The highest BCUT2D eigenvalue weighted by atomic mass is 16.7. The summed E-state index contributed by atoms with van der Waals surface area (Å²) in [6.45, 7) is 9.48. The quantitative estimate of drug-likeness (QED) is 0.0340. The molecule has 1 saturated carbocycles. The Bertz CT molecular complexity index is 2140. The standard InChI is InChI=1S/C44H63N7O17.2C3H6O2.C2H6/c1-28-5-4-6-31(25-28)41(60)45-17-3-2-7-33(43(62)63)50-36(54)27-48-42(61)32(12-15-39(57)58)49-35(53)26-47-34(52)16-19-65-21-23-67-24-22-66-20-18-46-40(59)29-8-10-30(11-9-29)44(64)68-51-37(55)13-14-38(51)56;2*1-2-3(4)5;1-2/h4-6,25,29-30,32-33H,2-3,7-24,26-27H2,1H3,(H,45,60)(H,46,59)(H,47,52)(H,48,61)(H,49,53)(H,50,54)(H,57,58)(H,62,63);2*2H2,1H3,(H,4,5);1-2H3/t29?,30?,32-,33?;;;/m1.../s1. The summed E-state index contributed by atoms with van der Waals surface area (Å²) in [6.07, 6.45) is 2.05. The normalized spacial score (nSPS) is 15.0. The lowest BCUT2D eigenvalue weighted by Gasteiger charge is -2.27. The molecule has 28 heteroatoms. The van der Waals surface area contributed by atoms with Crippen molar-refractivity contribution in [1.29, 1.82) is 0 Å². The molecule has 1 saturated heterocycles. The zero-order valence-electron chi connectivity index (χ0n) is 46.3. The molecule has 0 bridgehead atoms. The zero-order valence-corrected chi connectivity index (χ0v) is 46.3. The van der Waals surface area contributed by atoms with Gasteiger partial charge in [-0.15, -0.1) is 5.06 Å². The van der Waals surface area contributed by atoms with Crippen LogP contribution in [0.4, 0.5) is 0 Å². The maximum atomic E-state index is 12.8. The molecule has 80 heavy (non-hydrogen) atoms. The van der Waals surface area contributed by atoms with Crippen LogP contribution in [0.1, 0.15) is 134 Å². The summed E-state index contributed by atoms with van der Waals surface area (Å²) < 4.78 is 16.3. The number of benzene rings is 1. The Morgan fingerprint density at radius 3 is 1.66 bits per heavy atom. The van der Waals surface area contributed by atoms with E-state index in [0.717, 1.165) is 5.56 Å². The summed E-state index contributed by atoms with van der Waals surface area (Å²) in [5.41, 5.74) is 1.42. The van der Waals surface area contributed by atoms with E-state index in [-0.39, 0.29) is 115 Å². The topological polar surface area (TPSA) is 415 Å². The van der Waals surface area contributed by atoms with Crippen molar-refractivity contribution in [2.45, 2.75) is 137 Å². The Balaban J connectivity index is 0.00000470. The van der Waals surface area contributed by atoms with Gasteiger partial charge in [-0.3, -0.25) is 52.7 Å². The summed E-state index contributed by atoms with van der Waals surface area (Å²) in [7, 11) is 0. The van der Waals surface area contributed by atoms with Crippen LogP contribution < -0.4 is 31.9 Å². The van der Waals surface area contributed by atoms with Gasteiger partial charge in [-0.1, -0.05) is 45.4 Å².